The van der Waals surface area contributed by atoms with Crippen molar-refractivity contribution in [3.8, 4) is 0 Å². The van der Waals surface area contributed by atoms with E-state index >= 15 is 0 Å². The standard InChI is InChI=1S/C17H26N2O3S2/c1-13-6-2-3-7-15(13)18-16(20)12-14-8-9-17(23-14)24(21,22)19-10-4-5-11-19/h8-9,13,15H,2-7,10-12H2,1H3,(H,18,20). The van der Waals surface area contributed by atoms with E-state index in [1.54, 1.807) is 16.4 Å². The third-order valence-electron chi connectivity index (χ3n) is 5.09. The molecule has 1 N–H and O–H groups in total. The van der Waals surface area contributed by atoms with E-state index in [2.05, 4.69) is 12.2 Å². The van der Waals surface area contributed by atoms with E-state index in [9.17, 15) is 13.2 Å². The van der Waals surface area contributed by atoms with Gasteiger partial charge in [-0.1, -0.05) is 19.8 Å². The smallest absolute Gasteiger partial charge is 0.252 e. The molecule has 1 amide bonds. The zero-order valence-electron chi connectivity index (χ0n) is 14.2. The molecule has 2 heterocycles. The van der Waals surface area contributed by atoms with E-state index in [-0.39, 0.29) is 18.4 Å². The van der Waals surface area contributed by atoms with Crippen molar-refractivity contribution >= 4 is 27.3 Å². The van der Waals surface area contributed by atoms with Gasteiger partial charge < -0.3 is 5.32 Å². The number of amides is 1. The van der Waals surface area contributed by atoms with Gasteiger partial charge in [0.25, 0.3) is 10.0 Å². The van der Waals surface area contributed by atoms with E-state index in [4.69, 9.17) is 0 Å². The van der Waals surface area contributed by atoms with E-state index in [0.29, 0.717) is 23.2 Å². The van der Waals surface area contributed by atoms with Gasteiger partial charge in [0.2, 0.25) is 5.91 Å². The van der Waals surface area contributed by atoms with Crippen LogP contribution in [-0.2, 0) is 21.2 Å². The Morgan fingerprint density at radius 2 is 1.92 bits per heavy atom. The molecule has 1 saturated heterocycles. The minimum absolute atomic E-state index is 0.000667. The molecule has 24 heavy (non-hydrogen) atoms. The van der Waals surface area contributed by atoms with Gasteiger partial charge in [-0.05, 0) is 43.7 Å². The zero-order chi connectivity index (χ0) is 17.2. The van der Waals surface area contributed by atoms with Crippen molar-refractivity contribution < 1.29 is 13.2 Å². The number of carbonyl (C=O) groups is 1. The first kappa shape index (κ1) is 17.9. The quantitative estimate of drug-likeness (QED) is 0.867. The Morgan fingerprint density at radius 3 is 2.62 bits per heavy atom. The van der Waals surface area contributed by atoms with Crippen LogP contribution < -0.4 is 5.32 Å². The van der Waals surface area contributed by atoms with Gasteiger partial charge in [0.05, 0.1) is 6.42 Å². The first-order valence-corrected chi connectivity index (χ1v) is 11.1. The molecule has 1 aliphatic heterocycles. The molecule has 0 radical (unpaired) electrons. The van der Waals surface area contributed by atoms with E-state index in [1.807, 2.05) is 0 Å². The van der Waals surface area contributed by atoms with Crippen molar-refractivity contribution in [2.75, 3.05) is 13.1 Å². The van der Waals surface area contributed by atoms with Crippen LogP contribution in [0.2, 0.25) is 0 Å². The predicted octanol–water partition coefficient (Wildman–Crippen LogP) is 2.77. The summed E-state index contributed by atoms with van der Waals surface area (Å²) in [7, 11) is -3.37. The monoisotopic (exact) mass is 370 g/mol. The fourth-order valence-electron chi connectivity index (χ4n) is 3.59. The number of hydrogen-bond donors (Lipinski definition) is 1. The number of nitrogens with one attached hydrogen (secondary N) is 1. The first-order valence-electron chi connectivity index (χ1n) is 8.85. The maximum Gasteiger partial charge on any atom is 0.252 e. The van der Waals surface area contributed by atoms with Gasteiger partial charge in [-0.2, -0.15) is 4.31 Å². The maximum atomic E-state index is 12.5. The average molecular weight is 371 g/mol. The Morgan fingerprint density at radius 1 is 1.21 bits per heavy atom. The van der Waals surface area contributed by atoms with Gasteiger partial charge in [0, 0.05) is 24.0 Å². The highest BCUT2D eigenvalue weighted by atomic mass is 32.2. The topological polar surface area (TPSA) is 66.5 Å². The minimum atomic E-state index is -3.37. The summed E-state index contributed by atoms with van der Waals surface area (Å²) in [5.74, 6) is 0.526. The number of sulfonamides is 1. The summed E-state index contributed by atoms with van der Waals surface area (Å²) in [6.07, 6.45) is 6.76. The normalized spacial score (nSPS) is 25.7. The van der Waals surface area contributed by atoms with Crippen molar-refractivity contribution in [2.24, 2.45) is 5.92 Å². The predicted molar refractivity (Wildman–Crippen MR) is 95.6 cm³/mol. The Bertz CT molecular complexity index is 678. The summed E-state index contributed by atoms with van der Waals surface area (Å²) in [5, 5.41) is 3.13. The molecule has 2 unspecified atom stereocenters. The minimum Gasteiger partial charge on any atom is -0.353 e. The van der Waals surface area contributed by atoms with Crippen LogP contribution in [0.15, 0.2) is 16.3 Å². The molecular formula is C17H26N2O3S2. The molecule has 1 aromatic rings. The third kappa shape index (κ3) is 4.00. The fraction of sp³-hybridized carbons (Fsp3) is 0.706. The Hall–Kier alpha value is -0.920. The molecule has 2 fully saturated rings. The summed E-state index contributed by atoms with van der Waals surface area (Å²) < 4.78 is 27.0. The van der Waals surface area contributed by atoms with Crippen LogP contribution in [0.25, 0.3) is 0 Å². The summed E-state index contributed by atoms with van der Waals surface area (Å²) in [5.41, 5.74) is 0. The molecule has 1 aromatic heterocycles. The molecule has 7 heteroatoms. The molecule has 1 saturated carbocycles. The van der Waals surface area contributed by atoms with Gasteiger partial charge in [0.1, 0.15) is 4.21 Å². The van der Waals surface area contributed by atoms with Crippen LogP contribution in [0, 0.1) is 5.92 Å². The van der Waals surface area contributed by atoms with Gasteiger partial charge in [-0.15, -0.1) is 11.3 Å². The van der Waals surface area contributed by atoms with Gasteiger partial charge in [0.15, 0.2) is 0 Å². The largest absolute Gasteiger partial charge is 0.353 e. The Kier molecular flexibility index (Phi) is 5.62. The molecule has 0 aromatic carbocycles. The second kappa shape index (κ2) is 7.54. The average Bonchev–Trinajstić information content (AvgIpc) is 3.21. The summed E-state index contributed by atoms with van der Waals surface area (Å²) in [4.78, 5) is 13.1. The Balaban J connectivity index is 1.60. The second-order valence-corrected chi connectivity index (χ2v) is 10.3. The van der Waals surface area contributed by atoms with Gasteiger partial charge >= 0.3 is 0 Å². The molecule has 5 nitrogen and oxygen atoms in total. The number of nitrogens with zero attached hydrogens (tertiary/aromatic N) is 1. The fourth-order valence-corrected chi connectivity index (χ4v) is 6.62. The molecule has 0 bridgehead atoms. The number of rotatable bonds is 5. The molecular weight excluding hydrogens is 344 g/mol. The van der Waals surface area contributed by atoms with Crippen molar-refractivity contribution in [1.29, 1.82) is 0 Å². The van der Waals surface area contributed by atoms with Crippen LogP contribution >= 0.6 is 11.3 Å². The van der Waals surface area contributed by atoms with E-state index in [1.165, 1.54) is 30.6 Å². The summed E-state index contributed by atoms with van der Waals surface area (Å²) >= 11 is 1.23. The number of carbonyl (C=O) groups excluding carboxylic acids is 1. The molecule has 134 valence electrons. The highest BCUT2D eigenvalue weighted by molar-refractivity contribution is 7.91. The molecule has 1 aliphatic carbocycles. The van der Waals surface area contributed by atoms with E-state index in [0.717, 1.165) is 24.1 Å². The molecule has 3 rings (SSSR count). The van der Waals surface area contributed by atoms with Gasteiger partial charge in [-0.25, -0.2) is 8.42 Å². The number of hydrogen-bond acceptors (Lipinski definition) is 4. The van der Waals surface area contributed by atoms with Crippen molar-refractivity contribution in [1.82, 2.24) is 9.62 Å². The Labute approximate surface area is 148 Å². The lowest BCUT2D eigenvalue weighted by Gasteiger charge is -2.29. The first-order chi connectivity index (χ1) is 11.5. The van der Waals surface area contributed by atoms with E-state index < -0.39 is 10.0 Å². The molecule has 0 spiro atoms. The zero-order valence-corrected chi connectivity index (χ0v) is 15.8. The third-order valence-corrected chi connectivity index (χ3v) is 8.54. The van der Waals surface area contributed by atoms with Crippen molar-refractivity contribution in [2.45, 2.75) is 62.1 Å². The van der Waals surface area contributed by atoms with Crippen LogP contribution in [-0.4, -0.2) is 37.8 Å². The molecule has 2 atom stereocenters. The summed E-state index contributed by atoms with van der Waals surface area (Å²) in [6, 6.07) is 3.68. The number of thiophene rings is 1. The van der Waals surface area contributed by atoms with Crippen molar-refractivity contribution in [3.63, 3.8) is 0 Å². The molecule has 2 aliphatic rings. The highest BCUT2D eigenvalue weighted by Gasteiger charge is 2.29. The lowest BCUT2D eigenvalue weighted by molar-refractivity contribution is -0.121. The lowest BCUT2D eigenvalue weighted by atomic mass is 9.86. The summed E-state index contributed by atoms with van der Waals surface area (Å²) in [6.45, 7) is 3.40. The van der Waals surface area contributed by atoms with Crippen LogP contribution in [0.1, 0.15) is 50.3 Å². The highest BCUT2D eigenvalue weighted by Crippen LogP contribution is 2.28. The van der Waals surface area contributed by atoms with Crippen LogP contribution in [0.4, 0.5) is 0 Å². The lowest BCUT2D eigenvalue weighted by Crippen LogP contribution is -2.41. The van der Waals surface area contributed by atoms with Crippen LogP contribution in [0.5, 0.6) is 0 Å². The SMILES string of the molecule is CC1CCCCC1NC(=O)Cc1ccc(S(=O)(=O)N2CCCC2)s1. The van der Waals surface area contributed by atoms with Crippen molar-refractivity contribution in [3.05, 3.63) is 17.0 Å². The maximum absolute atomic E-state index is 12.5. The van der Waals surface area contributed by atoms with Crippen LogP contribution in [0.3, 0.4) is 0 Å². The van der Waals surface area contributed by atoms with Gasteiger partial charge in [-0.3, -0.25) is 4.79 Å². The second-order valence-electron chi connectivity index (χ2n) is 6.94.